The second-order valence-corrected chi connectivity index (χ2v) is 7.21. The van der Waals surface area contributed by atoms with Gasteiger partial charge in [0.2, 0.25) is 5.91 Å². The van der Waals surface area contributed by atoms with Crippen LogP contribution in [0.15, 0.2) is 48.9 Å². The minimum Gasteiger partial charge on any atom is -0.392 e. The molecule has 3 aromatic heterocycles. The van der Waals surface area contributed by atoms with Crippen molar-refractivity contribution in [3.63, 3.8) is 0 Å². The fourth-order valence-corrected chi connectivity index (χ4v) is 3.89. The van der Waals surface area contributed by atoms with Gasteiger partial charge in [0.1, 0.15) is 22.5 Å². The van der Waals surface area contributed by atoms with Crippen LogP contribution in [0.1, 0.15) is 12.5 Å². The van der Waals surface area contributed by atoms with Crippen molar-refractivity contribution in [2.45, 2.75) is 13.5 Å². The highest BCUT2D eigenvalue weighted by atomic mass is 32.1. The molecule has 0 aliphatic heterocycles. The number of halogens is 1. The SMILES string of the molecule is CC(=O)Nc1cc(-c2nc(-c3ccc(F)c(CO)c3)c(-c3ncc[nH]3)s2)ccn1. The number of pyridine rings is 1. The summed E-state index contributed by atoms with van der Waals surface area (Å²) in [6.45, 7) is 1.01. The van der Waals surface area contributed by atoms with Crippen LogP contribution in [-0.4, -0.2) is 30.9 Å². The van der Waals surface area contributed by atoms with Crippen molar-refractivity contribution >= 4 is 23.1 Å². The van der Waals surface area contributed by atoms with E-state index in [9.17, 15) is 14.3 Å². The molecule has 7 nitrogen and oxygen atoms in total. The summed E-state index contributed by atoms with van der Waals surface area (Å²) in [6, 6.07) is 8.04. The zero-order valence-corrected chi connectivity index (χ0v) is 16.1. The predicted octanol–water partition coefficient (Wildman–Crippen LogP) is 3.85. The molecule has 0 bridgehead atoms. The quantitative estimate of drug-likeness (QED) is 0.464. The fraction of sp³-hybridized carbons (Fsp3) is 0.100. The number of imidazole rings is 1. The minimum atomic E-state index is -0.472. The number of thiazole rings is 1. The molecule has 0 unspecified atom stereocenters. The number of hydrogen-bond acceptors (Lipinski definition) is 6. The summed E-state index contributed by atoms with van der Waals surface area (Å²) < 4.78 is 13.8. The Hall–Kier alpha value is -3.43. The van der Waals surface area contributed by atoms with Crippen LogP contribution < -0.4 is 5.32 Å². The molecule has 29 heavy (non-hydrogen) atoms. The monoisotopic (exact) mass is 409 g/mol. The van der Waals surface area contributed by atoms with Gasteiger partial charge in [-0.25, -0.2) is 19.3 Å². The van der Waals surface area contributed by atoms with E-state index in [1.54, 1.807) is 42.9 Å². The number of nitrogens with one attached hydrogen (secondary N) is 2. The lowest BCUT2D eigenvalue weighted by Crippen LogP contribution is -2.07. The molecule has 0 saturated carbocycles. The molecular weight excluding hydrogens is 393 g/mol. The van der Waals surface area contributed by atoms with Gasteiger partial charge in [0.25, 0.3) is 0 Å². The standard InChI is InChI=1S/C20H16FN5O2S/c1-11(28)25-16-9-13(4-5-22-16)20-26-17(18(29-20)19-23-6-7-24-19)12-2-3-15(21)14(8-12)10-27/h2-9,27H,10H2,1H3,(H,23,24)(H,22,25,28). The zero-order chi connectivity index (χ0) is 20.4. The van der Waals surface area contributed by atoms with Gasteiger partial charge >= 0.3 is 0 Å². The lowest BCUT2D eigenvalue weighted by atomic mass is 10.1. The van der Waals surface area contributed by atoms with Crippen molar-refractivity contribution in [2.24, 2.45) is 0 Å². The largest absolute Gasteiger partial charge is 0.392 e. The fourth-order valence-electron chi connectivity index (χ4n) is 2.84. The van der Waals surface area contributed by atoms with E-state index in [1.807, 2.05) is 0 Å². The van der Waals surface area contributed by atoms with E-state index in [0.29, 0.717) is 27.9 Å². The van der Waals surface area contributed by atoms with Gasteiger partial charge < -0.3 is 15.4 Å². The number of nitrogens with zero attached hydrogens (tertiary/aromatic N) is 3. The highest BCUT2D eigenvalue weighted by molar-refractivity contribution is 7.18. The van der Waals surface area contributed by atoms with Gasteiger partial charge in [-0.3, -0.25) is 4.79 Å². The molecule has 9 heteroatoms. The number of aromatic amines is 1. The summed E-state index contributed by atoms with van der Waals surface area (Å²) in [5, 5.41) is 12.8. The highest BCUT2D eigenvalue weighted by Crippen LogP contribution is 2.39. The van der Waals surface area contributed by atoms with E-state index in [4.69, 9.17) is 4.98 Å². The van der Waals surface area contributed by atoms with E-state index in [2.05, 4.69) is 20.3 Å². The number of rotatable bonds is 5. The molecule has 1 amide bonds. The van der Waals surface area contributed by atoms with Gasteiger partial charge in [-0.2, -0.15) is 0 Å². The molecule has 4 rings (SSSR count). The van der Waals surface area contributed by atoms with Gasteiger partial charge in [0.05, 0.1) is 17.2 Å². The molecule has 0 aliphatic rings. The summed E-state index contributed by atoms with van der Waals surface area (Å²) in [5.41, 5.74) is 2.25. The summed E-state index contributed by atoms with van der Waals surface area (Å²) in [5.74, 6) is 0.374. The third-order valence-electron chi connectivity index (χ3n) is 4.14. The molecule has 0 atom stereocenters. The number of H-pyrrole nitrogens is 1. The van der Waals surface area contributed by atoms with Crippen LogP contribution in [0.5, 0.6) is 0 Å². The van der Waals surface area contributed by atoms with E-state index in [1.165, 1.54) is 24.3 Å². The van der Waals surface area contributed by atoms with E-state index < -0.39 is 12.4 Å². The Morgan fingerprint density at radius 1 is 1.21 bits per heavy atom. The Bertz CT molecular complexity index is 1170. The van der Waals surface area contributed by atoms with Gasteiger partial charge in [-0.05, 0) is 30.3 Å². The zero-order valence-electron chi connectivity index (χ0n) is 15.3. The first-order chi connectivity index (χ1) is 14.0. The first-order valence-corrected chi connectivity index (χ1v) is 9.51. The third-order valence-corrected chi connectivity index (χ3v) is 5.25. The Labute approximate surface area is 169 Å². The topological polar surface area (TPSA) is 104 Å². The molecule has 1 aromatic carbocycles. The molecule has 4 aromatic rings. The summed E-state index contributed by atoms with van der Waals surface area (Å²) in [6.07, 6.45) is 4.95. The van der Waals surface area contributed by atoms with Crippen LogP contribution in [-0.2, 0) is 11.4 Å². The van der Waals surface area contributed by atoms with Gasteiger partial charge in [-0.1, -0.05) is 0 Å². The maximum atomic E-state index is 13.8. The third kappa shape index (κ3) is 3.91. The lowest BCUT2D eigenvalue weighted by molar-refractivity contribution is -0.114. The maximum Gasteiger partial charge on any atom is 0.222 e. The van der Waals surface area contributed by atoms with Crippen molar-refractivity contribution in [1.29, 1.82) is 0 Å². The Kier molecular flexibility index (Phi) is 5.15. The molecule has 0 spiro atoms. The van der Waals surface area contributed by atoms with Crippen LogP contribution in [0.25, 0.3) is 32.5 Å². The number of carbonyl (C=O) groups excluding carboxylic acids is 1. The molecule has 3 heterocycles. The van der Waals surface area contributed by atoms with Crippen LogP contribution in [0.3, 0.4) is 0 Å². The number of anilines is 1. The van der Waals surface area contributed by atoms with Crippen molar-refractivity contribution in [3.8, 4) is 32.5 Å². The van der Waals surface area contributed by atoms with E-state index in [-0.39, 0.29) is 11.5 Å². The predicted molar refractivity (Wildman–Crippen MR) is 109 cm³/mol. The Balaban J connectivity index is 1.84. The van der Waals surface area contributed by atoms with Gasteiger partial charge in [0, 0.05) is 42.2 Å². The number of carbonyl (C=O) groups is 1. The second kappa shape index (κ2) is 7.90. The molecule has 0 aliphatic carbocycles. The van der Waals surface area contributed by atoms with Gasteiger partial charge in [0.15, 0.2) is 0 Å². The van der Waals surface area contributed by atoms with Crippen molar-refractivity contribution in [2.75, 3.05) is 5.32 Å². The smallest absolute Gasteiger partial charge is 0.222 e. The average molecular weight is 409 g/mol. The van der Waals surface area contributed by atoms with Crippen LogP contribution in [0.2, 0.25) is 0 Å². The Morgan fingerprint density at radius 3 is 2.79 bits per heavy atom. The van der Waals surface area contributed by atoms with Crippen molar-refractivity contribution in [1.82, 2.24) is 19.9 Å². The second-order valence-electron chi connectivity index (χ2n) is 6.21. The lowest BCUT2D eigenvalue weighted by Gasteiger charge is -2.04. The number of amides is 1. The molecule has 0 fully saturated rings. The molecular formula is C20H16FN5O2S. The molecule has 3 N–H and O–H groups in total. The summed E-state index contributed by atoms with van der Waals surface area (Å²) >= 11 is 1.41. The van der Waals surface area contributed by atoms with Crippen LogP contribution in [0, 0.1) is 5.82 Å². The molecule has 0 radical (unpaired) electrons. The van der Waals surface area contributed by atoms with Crippen molar-refractivity contribution in [3.05, 3.63) is 60.3 Å². The number of aliphatic hydroxyl groups excluding tert-OH is 1. The highest BCUT2D eigenvalue weighted by Gasteiger charge is 2.19. The first-order valence-electron chi connectivity index (χ1n) is 8.69. The molecule has 0 saturated heterocycles. The van der Waals surface area contributed by atoms with Gasteiger partial charge in [-0.15, -0.1) is 11.3 Å². The van der Waals surface area contributed by atoms with Crippen molar-refractivity contribution < 1.29 is 14.3 Å². The number of hydrogen-bond donors (Lipinski definition) is 3. The average Bonchev–Trinajstić information content (AvgIpc) is 3.38. The Morgan fingerprint density at radius 2 is 2.07 bits per heavy atom. The molecule has 146 valence electrons. The number of aliphatic hydroxyl groups is 1. The number of aromatic nitrogens is 4. The van der Waals surface area contributed by atoms with E-state index in [0.717, 1.165) is 10.4 Å². The van der Waals surface area contributed by atoms with E-state index >= 15 is 0 Å². The first kappa shape index (κ1) is 18.9. The van der Waals surface area contributed by atoms with Crippen LogP contribution >= 0.6 is 11.3 Å². The minimum absolute atomic E-state index is 0.194. The summed E-state index contributed by atoms with van der Waals surface area (Å²) in [7, 11) is 0. The summed E-state index contributed by atoms with van der Waals surface area (Å²) in [4.78, 5) is 28.4. The van der Waals surface area contributed by atoms with Crippen LogP contribution in [0.4, 0.5) is 10.2 Å². The maximum absolute atomic E-state index is 13.8. The number of benzene rings is 1. The normalized spacial score (nSPS) is 10.9.